The van der Waals surface area contributed by atoms with Crippen LogP contribution in [0.3, 0.4) is 0 Å². The van der Waals surface area contributed by atoms with Crippen LogP contribution in [0.1, 0.15) is 33.5 Å². The lowest BCUT2D eigenvalue weighted by molar-refractivity contribution is 0.0935. The summed E-state index contributed by atoms with van der Waals surface area (Å²) < 4.78 is 1.82. The number of fused-ring (bicyclic) bond motifs is 1. The van der Waals surface area contributed by atoms with Crippen molar-refractivity contribution in [3.63, 3.8) is 0 Å². The van der Waals surface area contributed by atoms with E-state index in [-0.39, 0.29) is 12.1 Å². The molecule has 0 aliphatic carbocycles. The van der Waals surface area contributed by atoms with Gasteiger partial charge in [0.15, 0.2) is 0 Å². The Kier molecular flexibility index (Phi) is 2.72. The van der Waals surface area contributed by atoms with Gasteiger partial charge in [0.05, 0.1) is 5.56 Å². The molecule has 5 heteroatoms. The van der Waals surface area contributed by atoms with Crippen LogP contribution >= 0.6 is 0 Å². The summed E-state index contributed by atoms with van der Waals surface area (Å²) in [6.45, 7) is 1.94. The smallest absolute Gasteiger partial charge is 0.255 e. The number of carbonyl (C=O) groups excluding carboxylic acids is 1. The molecule has 0 fully saturated rings. The Balaban J connectivity index is 2.03. The molecule has 0 saturated carbocycles. The van der Waals surface area contributed by atoms with Crippen molar-refractivity contribution in [1.29, 1.82) is 5.26 Å². The lowest BCUT2D eigenvalue weighted by atomic mass is 10.1. The van der Waals surface area contributed by atoms with E-state index >= 15 is 0 Å². The van der Waals surface area contributed by atoms with Gasteiger partial charge in [-0.1, -0.05) is 12.1 Å². The number of hydrogen-bond donors (Lipinski definition) is 2. The number of benzene rings is 1. The number of anilines is 1. The highest BCUT2D eigenvalue weighted by Gasteiger charge is 2.26. The van der Waals surface area contributed by atoms with Crippen molar-refractivity contribution in [3.8, 4) is 6.07 Å². The number of nitrogens with one attached hydrogen (secondary N) is 2. The van der Waals surface area contributed by atoms with Crippen LogP contribution in [0.4, 0.5) is 5.69 Å². The summed E-state index contributed by atoms with van der Waals surface area (Å²) in [5.74, 6) is -0.105. The van der Waals surface area contributed by atoms with Crippen LogP contribution < -0.4 is 10.6 Å². The summed E-state index contributed by atoms with van der Waals surface area (Å²) in [6, 6.07) is 11.3. The molecule has 3 rings (SSSR count). The van der Waals surface area contributed by atoms with Gasteiger partial charge in [0.2, 0.25) is 0 Å². The molecular weight excluding hydrogens is 252 g/mol. The molecule has 0 unspecified atom stereocenters. The van der Waals surface area contributed by atoms with E-state index in [9.17, 15) is 4.79 Å². The van der Waals surface area contributed by atoms with Crippen LogP contribution in [-0.2, 0) is 7.05 Å². The summed E-state index contributed by atoms with van der Waals surface area (Å²) >= 11 is 0. The topological polar surface area (TPSA) is 69.8 Å². The average Bonchev–Trinajstić information content (AvgIpc) is 2.75. The molecule has 2 N–H and O–H groups in total. The van der Waals surface area contributed by atoms with Crippen LogP contribution in [0.2, 0.25) is 0 Å². The SMILES string of the molecule is Cc1c([C@@H]2NC(=O)c3ccccc3N2)cc(C#N)n1C. The lowest BCUT2D eigenvalue weighted by Crippen LogP contribution is -2.38. The maximum Gasteiger partial charge on any atom is 0.255 e. The highest BCUT2D eigenvalue weighted by molar-refractivity contribution is 6.01. The highest BCUT2D eigenvalue weighted by atomic mass is 16.2. The second-order valence-corrected chi connectivity index (χ2v) is 4.84. The fourth-order valence-corrected chi connectivity index (χ4v) is 2.49. The first-order chi connectivity index (χ1) is 9.61. The van der Waals surface area contributed by atoms with Crippen molar-refractivity contribution in [2.24, 2.45) is 7.05 Å². The molecule has 1 amide bonds. The first-order valence-corrected chi connectivity index (χ1v) is 6.34. The molecule has 1 aliphatic heterocycles. The monoisotopic (exact) mass is 266 g/mol. The molecule has 1 aliphatic rings. The summed E-state index contributed by atoms with van der Waals surface area (Å²) in [5, 5.41) is 15.3. The Morgan fingerprint density at radius 1 is 1.30 bits per heavy atom. The van der Waals surface area contributed by atoms with E-state index in [2.05, 4.69) is 16.7 Å². The van der Waals surface area contributed by atoms with Crippen LogP contribution in [0.25, 0.3) is 0 Å². The Hall–Kier alpha value is -2.74. The van der Waals surface area contributed by atoms with Crippen molar-refractivity contribution in [2.75, 3.05) is 5.32 Å². The van der Waals surface area contributed by atoms with E-state index in [0.29, 0.717) is 11.3 Å². The summed E-state index contributed by atoms with van der Waals surface area (Å²) in [6.07, 6.45) is -0.314. The van der Waals surface area contributed by atoms with Crippen molar-refractivity contribution in [1.82, 2.24) is 9.88 Å². The number of hydrogen-bond acceptors (Lipinski definition) is 3. The van der Waals surface area contributed by atoms with Gasteiger partial charge in [0.1, 0.15) is 17.9 Å². The van der Waals surface area contributed by atoms with Gasteiger partial charge in [0, 0.05) is 24.0 Å². The van der Waals surface area contributed by atoms with Crippen LogP contribution in [0, 0.1) is 18.3 Å². The first-order valence-electron chi connectivity index (χ1n) is 6.34. The molecule has 2 aromatic rings. The van der Waals surface area contributed by atoms with E-state index in [4.69, 9.17) is 5.26 Å². The standard InChI is InChI=1S/C15H14N4O/c1-9-12(7-10(8-16)19(9)2)14-17-13-6-4-3-5-11(13)15(20)18-14/h3-7,14,17H,1-2H3,(H,18,20)/t14-/m0/s1. The third-order valence-electron chi connectivity index (χ3n) is 3.75. The van der Waals surface area contributed by atoms with Crippen LogP contribution in [0.15, 0.2) is 30.3 Å². The maximum absolute atomic E-state index is 12.1. The Bertz CT molecular complexity index is 739. The van der Waals surface area contributed by atoms with E-state index in [1.54, 1.807) is 12.1 Å². The van der Waals surface area contributed by atoms with E-state index in [1.807, 2.05) is 36.7 Å². The number of para-hydroxylation sites is 1. The Morgan fingerprint density at radius 2 is 2.05 bits per heavy atom. The normalized spacial score (nSPS) is 16.9. The maximum atomic E-state index is 12.1. The quantitative estimate of drug-likeness (QED) is 0.830. The predicted octanol–water partition coefficient (Wildman–Crippen LogP) is 2.06. The molecular formula is C15H14N4O. The van der Waals surface area contributed by atoms with E-state index in [0.717, 1.165) is 16.9 Å². The zero-order chi connectivity index (χ0) is 14.3. The van der Waals surface area contributed by atoms with Gasteiger partial charge in [-0.15, -0.1) is 0 Å². The fraction of sp³-hybridized carbons (Fsp3) is 0.200. The minimum atomic E-state index is -0.314. The van der Waals surface area contributed by atoms with E-state index in [1.165, 1.54) is 0 Å². The minimum Gasteiger partial charge on any atom is -0.361 e. The highest BCUT2D eigenvalue weighted by Crippen LogP contribution is 2.28. The van der Waals surface area contributed by atoms with Gasteiger partial charge in [-0.3, -0.25) is 4.79 Å². The number of nitriles is 1. The van der Waals surface area contributed by atoms with Gasteiger partial charge < -0.3 is 15.2 Å². The van der Waals surface area contributed by atoms with Gasteiger partial charge in [-0.05, 0) is 25.1 Å². The Morgan fingerprint density at radius 3 is 2.75 bits per heavy atom. The number of rotatable bonds is 1. The minimum absolute atomic E-state index is 0.105. The molecule has 2 heterocycles. The van der Waals surface area contributed by atoms with Crippen molar-refractivity contribution in [2.45, 2.75) is 13.1 Å². The zero-order valence-electron chi connectivity index (χ0n) is 11.3. The first kappa shape index (κ1) is 12.3. The number of aromatic nitrogens is 1. The molecule has 0 saturated heterocycles. The fourth-order valence-electron chi connectivity index (χ4n) is 2.49. The summed E-state index contributed by atoms with van der Waals surface area (Å²) in [7, 11) is 1.84. The third-order valence-corrected chi connectivity index (χ3v) is 3.75. The molecule has 1 aromatic carbocycles. The Labute approximate surface area is 116 Å². The van der Waals surface area contributed by atoms with Gasteiger partial charge in [-0.25, -0.2) is 0 Å². The predicted molar refractivity (Wildman–Crippen MR) is 75.1 cm³/mol. The molecule has 20 heavy (non-hydrogen) atoms. The third kappa shape index (κ3) is 1.74. The molecule has 0 bridgehead atoms. The van der Waals surface area contributed by atoms with E-state index < -0.39 is 0 Å². The number of carbonyl (C=O) groups is 1. The van der Waals surface area contributed by atoms with Crippen molar-refractivity contribution < 1.29 is 4.79 Å². The van der Waals surface area contributed by atoms with Crippen LogP contribution in [-0.4, -0.2) is 10.5 Å². The molecule has 0 spiro atoms. The van der Waals surface area contributed by atoms with Gasteiger partial charge >= 0.3 is 0 Å². The average molecular weight is 266 g/mol. The molecule has 5 nitrogen and oxygen atoms in total. The molecule has 0 radical (unpaired) electrons. The van der Waals surface area contributed by atoms with Gasteiger partial charge in [-0.2, -0.15) is 5.26 Å². The zero-order valence-corrected chi connectivity index (χ0v) is 11.3. The van der Waals surface area contributed by atoms with Gasteiger partial charge in [0.25, 0.3) is 5.91 Å². The lowest BCUT2D eigenvalue weighted by Gasteiger charge is -2.28. The summed E-state index contributed by atoms with van der Waals surface area (Å²) in [5.41, 5.74) is 3.89. The molecule has 1 aromatic heterocycles. The van der Waals surface area contributed by atoms with Crippen LogP contribution in [0.5, 0.6) is 0 Å². The molecule has 100 valence electrons. The van der Waals surface area contributed by atoms with Crippen molar-refractivity contribution >= 4 is 11.6 Å². The molecule has 1 atom stereocenters. The largest absolute Gasteiger partial charge is 0.361 e. The summed E-state index contributed by atoms with van der Waals surface area (Å²) in [4.78, 5) is 12.1. The number of amides is 1. The van der Waals surface area contributed by atoms with Crippen molar-refractivity contribution in [3.05, 3.63) is 52.8 Å². The second kappa shape index (κ2) is 4.42. The second-order valence-electron chi connectivity index (χ2n) is 4.84. The number of nitrogens with zero attached hydrogens (tertiary/aromatic N) is 2.